The molecule has 2 rings (SSSR count). The molecule has 94 valence electrons. The molecule has 0 bridgehead atoms. The van der Waals surface area contributed by atoms with Gasteiger partial charge in [-0.05, 0) is 50.6 Å². The van der Waals surface area contributed by atoms with Crippen LogP contribution in [-0.2, 0) is 0 Å². The van der Waals surface area contributed by atoms with Crippen LogP contribution in [0.5, 0.6) is 5.75 Å². The van der Waals surface area contributed by atoms with Crippen molar-refractivity contribution in [2.24, 2.45) is 0 Å². The van der Waals surface area contributed by atoms with Crippen molar-refractivity contribution in [2.75, 3.05) is 31.6 Å². The summed E-state index contributed by atoms with van der Waals surface area (Å²) in [6.07, 6.45) is 1.20. The van der Waals surface area contributed by atoms with Crippen LogP contribution in [0.3, 0.4) is 0 Å². The van der Waals surface area contributed by atoms with Gasteiger partial charge >= 0.3 is 0 Å². The smallest absolute Gasteiger partial charge is 0.121 e. The number of anilines is 1. The molecule has 3 nitrogen and oxygen atoms in total. The Morgan fingerprint density at radius 3 is 2.94 bits per heavy atom. The van der Waals surface area contributed by atoms with Crippen LogP contribution in [0.15, 0.2) is 18.2 Å². The topological polar surface area (TPSA) is 24.5 Å². The first kappa shape index (κ1) is 12.2. The minimum atomic E-state index is 0.555. The van der Waals surface area contributed by atoms with Crippen LogP contribution in [0.2, 0.25) is 0 Å². The Morgan fingerprint density at radius 2 is 2.24 bits per heavy atom. The van der Waals surface area contributed by atoms with E-state index in [-0.39, 0.29) is 0 Å². The molecule has 0 aromatic heterocycles. The quantitative estimate of drug-likeness (QED) is 0.849. The monoisotopic (exact) mass is 234 g/mol. The zero-order chi connectivity index (χ0) is 12.3. The standard InChI is InChI=1S/C14H22N2O/c1-11-9-13(5-6-14(11)17-3)16-8-4-7-15-12(2)10-16/h5-6,9,12,15H,4,7-8,10H2,1-3H3. The molecule has 1 N–H and O–H groups in total. The zero-order valence-electron chi connectivity index (χ0n) is 11.0. The molecule has 1 aromatic rings. The largest absolute Gasteiger partial charge is 0.496 e. The van der Waals surface area contributed by atoms with Gasteiger partial charge in [0.1, 0.15) is 5.75 Å². The van der Waals surface area contributed by atoms with Gasteiger partial charge in [0.05, 0.1) is 7.11 Å². The second-order valence-corrected chi connectivity index (χ2v) is 4.81. The average Bonchev–Trinajstić information content (AvgIpc) is 2.54. The van der Waals surface area contributed by atoms with E-state index in [0.29, 0.717) is 6.04 Å². The van der Waals surface area contributed by atoms with Gasteiger partial charge < -0.3 is 15.0 Å². The average molecular weight is 234 g/mol. The molecule has 1 saturated heterocycles. The van der Waals surface area contributed by atoms with E-state index in [1.54, 1.807) is 7.11 Å². The van der Waals surface area contributed by atoms with Gasteiger partial charge in [-0.25, -0.2) is 0 Å². The van der Waals surface area contributed by atoms with Crippen LogP contribution in [0.25, 0.3) is 0 Å². The third-order valence-electron chi connectivity index (χ3n) is 3.34. The molecule has 0 spiro atoms. The van der Waals surface area contributed by atoms with Gasteiger partial charge in [0.2, 0.25) is 0 Å². The molecule has 17 heavy (non-hydrogen) atoms. The Bertz CT molecular complexity index is 378. The maximum Gasteiger partial charge on any atom is 0.121 e. The van der Waals surface area contributed by atoms with E-state index in [4.69, 9.17) is 4.74 Å². The van der Waals surface area contributed by atoms with Gasteiger partial charge in [0.15, 0.2) is 0 Å². The summed E-state index contributed by atoms with van der Waals surface area (Å²) in [5.74, 6) is 0.967. The summed E-state index contributed by atoms with van der Waals surface area (Å²) in [4.78, 5) is 2.46. The number of nitrogens with zero attached hydrogens (tertiary/aromatic N) is 1. The minimum Gasteiger partial charge on any atom is -0.496 e. The molecule has 1 aromatic carbocycles. The Morgan fingerprint density at radius 1 is 1.41 bits per heavy atom. The third kappa shape index (κ3) is 2.91. The molecule has 1 unspecified atom stereocenters. The van der Waals surface area contributed by atoms with Crippen molar-refractivity contribution in [3.8, 4) is 5.75 Å². The number of benzene rings is 1. The molecule has 0 aliphatic carbocycles. The molecule has 3 heteroatoms. The summed E-state index contributed by atoms with van der Waals surface area (Å²) in [7, 11) is 1.72. The Balaban J connectivity index is 2.17. The lowest BCUT2D eigenvalue weighted by atomic mass is 10.1. The molecule has 0 radical (unpaired) electrons. The molecule has 1 aliphatic rings. The first-order valence-electron chi connectivity index (χ1n) is 6.33. The Hall–Kier alpha value is -1.22. The number of ether oxygens (including phenoxy) is 1. The highest BCUT2D eigenvalue weighted by atomic mass is 16.5. The third-order valence-corrected chi connectivity index (χ3v) is 3.34. The van der Waals surface area contributed by atoms with Crippen LogP contribution in [-0.4, -0.2) is 32.8 Å². The fraction of sp³-hybridized carbons (Fsp3) is 0.571. The van der Waals surface area contributed by atoms with Crippen LogP contribution in [0.4, 0.5) is 5.69 Å². The van der Waals surface area contributed by atoms with Crippen molar-refractivity contribution in [3.63, 3.8) is 0 Å². The Labute approximate surface area is 104 Å². The SMILES string of the molecule is COc1ccc(N2CCCNC(C)C2)cc1C. The first-order chi connectivity index (χ1) is 8.20. The van der Waals surface area contributed by atoms with Gasteiger partial charge in [-0.2, -0.15) is 0 Å². The summed E-state index contributed by atoms with van der Waals surface area (Å²) in [5, 5.41) is 3.52. The van der Waals surface area contributed by atoms with E-state index in [0.717, 1.165) is 25.4 Å². The van der Waals surface area contributed by atoms with Crippen molar-refractivity contribution in [2.45, 2.75) is 26.3 Å². The molecular formula is C14H22N2O. The number of hydrogen-bond donors (Lipinski definition) is 1. The maximum atomic E-state index is 5.30. The summed E-state index contributed by atoms with van der Waals surface area (Å²) in [5.41, 5.74) is 2.51. The molecule has 1 aliphatic heterocycles. The predicted molar refractivity (Wildman–Crippen MR) is 72.0 cm³/mol. The molecule has 0 amide bonds. The van der Waals surface area contributed by atoms with Gasteiger partial charge in [0.25, 0.3) is 0 Å². The van der Waals surface area contributed by atoms with Crippen molar-refractivity contribution in [1.82, 2.24) is 5.32 Å². The highest BCUT2D eigenvalue weighted by molar-refractivity contribution is 5.53. The lowest BCUT2D eigenvalue weighted by molar-refractivity contribution is 0.411. The van der Waals surface area contributed by atoms with E-state index >= 15 is 0 Å². The molecule has 1 atom stereocenters. The molecule has 1 fully saturated rings. The van der Waals surface area contributed by atoms with Gasteiger partial charge in [-0.3, -0.25) is 0 Å². The van der Waals surface area contributed by atoms with Crippen molar-refractivity contribution >= 4 is 5.69 Å². The van der Waals surface area contributed by atoms with E-state index in [9.17, 15) is 0 Å². The maximum absolute atomic E-state index is 5.30. The lowest BCUT2D eigenvalue weighted by Crippen LogP contribution is -2.35. The van der Waals surface area contributed by atoms with Crippen LogP contribution >= 0.6 is 0 Å². The first-order valence-corrected chi connectivity index (χ1v) is 6.33. The Kier molecular flexibility index (Phi) is 3.89. The highest BCUT2D eigenvalue weighted by Crippen LogP contribution is 2.24. The van der Waals surface area contributed by atoms with Crippen LogP contribution < -0.4 is 15.0 Å². The zero-order valence-corrected chi connectivity index (χ0v) is 11.0. The highest BCUT2D eigenvalue weighted by Gasteiger charge is 2.15. The number of methoxy groups -OCH3 is 1. The molecule has 1 heterocycles. The minimum absolute atomic E-state index is 0.555. The number of hydrogen-bond acceptors (Lipinski definition) is 3. The fourth-order valence-electron chi connectivity index (χ4n) is 2.40. The fourth-order valence-corrected chi connectivity index (χ4v) is 2.40. The van der Waals surface area contributed by atoms with Crippen molar-refractivity contribution in [3.05, 3.63) is 23.8 Å². The van der Waals surface area contributed by atoms with E-state index in [1.807, 2.05) is 0 Å². The summed E-state index contributed by atoms with van der Waals surface area (Å²) < 4.78 is 5.30. The second kappa shape index (κ2) is 5.41. The molecule has 0 saturated carbocycles. The predicted octanol–water partition coefficient (Wildman–Crippen LogP) is 2.19. The van der Waals surface area contributed by atoms with Gasteiger partial charge in [-0.1, -0.05) is 0 Å². The summed E-state index contributed by atoms with van der Waals surface area (Å²) >= 11 is 0. The van der Waals surface area contributed by atoms with Crippen LogP contribution in [0, 0.1) is 6.92 Å². The summed E-state index contributed by atoms with van der Waals surface area (Å²) in [6.45, 7) is 7.66. The molecular weight excluding hydrogens is 212 g/mol. The number of rotatable bonds is 2. The van der Waals surface area contributed by atoms with Gasteiger partial charge in [-0.15, -0.1) is 0 Å². The van der Waals surface area contributed by atoms with E-state index < -0.39 is 0 Å². The number of aryl methyl sites for hydroxylation is 1. The van der Waals surface area contributed by atoms with Crippen molar-refractivity contribution < 1.29 is 4.74 Å². The van der Waals surface area contributed by atoms with Gasteiger partial charge in [0, 0.05) is 24.8 Å². The lowest BCUT2D eigenvalue weighted by Gasteiger charge is -2.25. The summed E-state index contributed by atoms with van der Waals surface area (Å²) in [6, 6.07) is 6.99. The van der Waals surface area contributed by atoms with Crippen molar-refractivity contribution in [1.29, 1.82) is 0 Å². The normalized spacial score (nSPS) is 21.1. The number of nitrogens with one attached hydrogen (secondary N) is 1. The van der Waals surface area contributed by atoms with E-state index in [1.165, 1.54) is 17.7 Å². The van der Waals surface area contributed by atoms with Crippen LogP contribution in [0.1, 0.15) is 18.9 Å². The van der Waals surface area contributed by atoms with E-state index in [2.05, 4.69) is 42.3 Å². The second-order valence-electron chi connectivity index (χ2n) is 4.81.